The molecule has 0 radical (unpaired) electrons. The van der Waals surface area contributed by atoms with Crippen LogP contribution in [0, 0.1) is 0 Å². The highest BCUT2D eigenvalue weighted by Gasteiger charge is 2.15. The number of anilines is 3. The first-order valence-electron chi connectivity index (χ1n) is 25.3. The highest BCUT2D eigenvalue weighted by atomic mass is 15.1. The monoisotopic (exact) mass is 763 g/mol. The zero-order valence-electron chi connectivity index (χ0n) is 43.7. The lowest BCUT2D eigenvalue weighted by molar-refractivity contribution is 1.28. The Morgan fingerprint density at radius 2 is 0.525 bits per heavy atom. The van der Waals surface area contributed by atoms with E-state index in [0.29, 0.717) is 16.7 Å². The van der Waals surface area contributed by atoms with Gasteiger partial charge >= 0.3 is 0 Å². The van der Waals surface area contributed by atoms with Crippen molar-refractivity contribution in [3.63, 3.8) is 0 Å². The first-order chi connectivity index (χ1) is 34.2. The summed E-state index contributed by atoms with van der Waals surface area (Å²) < 4.78 is 114. The normalized spacial score (nSPS) is 13.9. The van der Waals surface area contributed by atoms with E-state index in [2.05, 4.69) is 0 Å². The fraction of sp³-hybridized carbons (Fsp3) is 0. The summed E-state index contributed by atoms with van der Waals surface area (Å²) in [5.41, 5.74) is 4.19. The summed E-state index contributed by atoms with van der Waals surface area (Å²) in [5, 5.41) is 2.06. The molecule has 0 atom stereocenters. The molecule has 0 heterocycles. The minimum Gasteiger partial charge on any atom is -0.311 e. The van der Waals surface area contributed by atoms with E-state index >= 15 is 0 Å². The van der Waals surface area contributed by atoms with E-state index in [-0.39, 0.29) is 16.7 Å². The van der Waals surface area contributed by atoms with Crippen molar-refractivity contribution in [2.24, 2.45) is 0 Å². The third-order valence-corrected chi connectivity index (χ3v) is 10.3. The van der Waals surface area contributed by atoms with Gasteiger partial charge < -0.3 is 4.90 Å². The molecule has 0 amide bonds. The molecule has 278 valence electrons. The van der Waals surface area contributed by atoms with Crippen LogP contribution in [0.2, 0.25) is 0 Å². The number of hydrogen-bond acceptors (Lipinski definition) is 1. The van der Waals surface area contributed by atoms with Crippen molar-refractivity contribution in [2.75, 3.05) is 4.90 Å². The molecule has 0 spiro atoms. The molecule has 10 aromatic rings. The Bertz CT molecular complexity index is 3640. The van der Waals surface area contributed by atoms with Gasteiger partial charge in [0.05, 0.1) is 16.4 Å². The van der Waals surface area contributed by atoms with Crippen LogP contribution in [-0.4, -0.2) is 0 Å². The first-order valence-corrected chi connectivity index (χ1v) is 19.3. The van der Waals surface area contributed by atoms with Crippen LogP contribution in [0.15, 0.2) is 248 Å². The standard InChI is InChI=1S/C58H41N/c1-3-11-42(12-4-1)45-21-23-46(24-22-45)47-27-33-56(34-28-47)59(57-35-29-48(30-36-57)52-18-9-17-51(39-52)43-13-5-2-6-14-43)58-37-31-49(32-38-58)53-19-10-20-54(40-53)55-26-25-44-15-7-8-16-50(44)41-55/h1-41H/i27D,28D,29D,30D,31D,32D,33D,34D,35D,36D,37D,38D. The summed E-state index contributed by atoms with van der Waals surface area (Å²) in [5.74, 6) is 0. The van der Waals surface area contributed by atoms with Crippen molar-refractivity contribution in [3.8, 4) is 66.8 Å². The van der Waals surface area contributed by atoms with Gasteiger partial charge in [-0.25, -0.2) is 0 Å². The Morgan fingerprint density at radius 3 is 1.02 bits per heavy atom. The van der Waals surface area contributed by atoms with Crippen LogP contribution in [0.5, 0.6) is 0 Å². The molecule has 0 unspecified atom stereocenters. The Kier molecular flexibility index (Phi) is 6.73. The molecule has 0 N–H and O–H groups in total. The average molecular weight is 764 g/mol. The topological polar surface area (TPSA) is 3.24 Å². The van der Waals surface area contributed by atoms with E-state index in [0.717, 1.165) is 49.1 Å². The fourth-order valence-electron chi connectivity index (χ4n) is 7.19. The smallest absolute Gasteiger partial charge is 0.0645 e. The van der Waals surface area contributed by atoms with Crippen LogP contribution in [-0.2, 0) is 0 Å². The van der Waals surface area contributed by atoms with Gasteiger partial charge in [-0.15, -0.1) is 0 Å². The van der Waals surface area contributed by atoms with E-state index in [4.69, 9.17) is 0 Å². The molecule has 1 heteroatoms. The van der Waals surface area contributed by atoms with Gasteiger partial charge in [0.1, 0.15) is 0 Å². The maximum absolute atomic E-state index is 9.64. The second kappa shape index (κ2) is 16.0. The molecule has 0 aliphatic carbocycles. The molecule has 0 saturated heterocycles. The molecular weight excluding hydrogens is 711 g/mol. The van der Waals surface area contributed by atoms with Gasteiger partial charge in [-0.1, -0.05) is 194 Å². The lowest BCUT2D eigenvalue weighted by Gasteiger charge is -2.26. The number of benzene rings is 10. The SMILES string of the molecule is [2H]c1c([2H])c(N(c2c([2H])c([2H])c(-c3cccc(-c4ccccc4)c3)c([2H])c2[2H])c2c([2H])c([2H])c(-c3cccc(-c4ccc5ccccc5c4)c3)c([2H])c2[2H])c([2H])c([2H])c1-c1ccc(-c2ccccc2)cc1. The largest absolute Gasteiger partial charge is 0.311 e. The second-order valence-corrected chi connectivity index (χ2v) is 14.0. The molecule has 0 bridgehead atoms. The van der Waals surface area contributed by atoms with Crippen LogP contribution >= 0.6 is 0 Å². The van der Waals surface area contributed by atoms with E-state index in [1.807, 2.05) is 127 Å². The molecule has 59 heavy (non-hydrogen) atoms. The predicted octanol–water partition coefficient (Wildman–Crippen LogP) is 16.3. The van der Waals surface area contributed by atoms with Crippen LogP contribution in [0.25, 0.3) is 77.5 Å². The van der Waals surface area contributed by atoms with Crippen LogP contribution in [0.1, 0.15) is 16.4 Å². The third-order valence-electron chi connectivity index (χ3n) is 10.3. The number of hydrogen-bond donors (Lipinski definition) is 0. The maximum Gasteiger partial charge on any atom is 0.0645 e. The molecule has 0 fully saturated rings. The average Bonchev–Trinajstić information content (AvgIpc) is 3.40. The van der Waals surface area contributed by atoms with Crippen LogP contribution in [0.3, 0.4) is 0 Å². The van der Waals surface area contributed by atoms with Crippen molar-refractivity contribution >= 4 is 27.8 Å². The van der Waals surface area contributed by atoms with Gasteiger partial charge in [0, 0.05) is 17.1 Å². The summed E-state index contributed by atoms with van der Waals surface area (Å²) in [6.07, 6.45) is 0. The molecule has 1 nitrogen and oxygen atoms in total. The summed E-state index contributed by atoms with van der Waals surface area (Å²) in [7, 11) is 0. The summed E-state index contributed by atoms with van der Waals surface area (Å²) in [6, 6.07) is 46.9. The van der Waals surface area contributed by atoms with Crippen molar-refractivity contribution in [2.45, 2.75) is 0 Å². The highest BCUT2D eigenvalue weighted by molar-refractivity contribution is 5.88. The van der Waals surface area contributed by atoms with Crippen LogP contribution in [0.4, 0.5) is 17.1 Å². The number of rotatable bonds is 9. The van der Waals surface area contributed by atoms with Crippen LogP contribution < -0.4 is 4.90 Å². The number of fused-ring (bicyclic) bond motifs is 1. The van der Waals surface area contributed by atoms with E-state index in [9.17, 15) is 16.4 Å². The second-order valence-electron chi connectivity index (χ2n) is 14.0. The third kappa shape index (κ3) is 7.58. The minimum atomic E-state index is -0.675. The summed E-state index contributed by atoms with van der Waals surface area (Å²) in [4.78, 5) is 0.851. The van der Waals surface area contributed by atoms with Gasteiger partial charge in [-0.05, 0) is 132 Å². The Balaban J connectivity index is 1.19. The molecule has 0 aromatic heterocycles. The zero-order chi connectivity index (χ0) is 49.8. The lowest BCUT2D eigenvalue weighted by atomic mass is 9.97. The fourth-order valence-corrected chi connectivity index (χ4v) is 7.19. The van der Waals surface area contributed by atoms with Crippen molar-refractivity contribution in [3.05, 3.63) is 248 Å². The minimum absolute atomic E-state index is 0.0577. The Morgan fingerprint density at radius 1 is 0.220 bits per heavy atom. The van der Waals surface area contributed by atoms with Gasteiger partial charge in [-0.3, -0.25) is 0 Å². The summed E-state index contributed by atoms with van der Waals surface area (Å²) >= 11 is 0. The van der Waals surface area contributed by atoms with E-state index < -0.39 is 89.6 Å². The molecule has 0 aliphatic rings. The highest BCUT2D eigenvalue weighted by Crippen LogP contribution is 2.39. The van der Waals surface area contributed by atoms with E-state index in [1.165, 1.54) is 0 Å². The molecule has 10 rings (SSSR count). The molecule has 0 saturated carbocycles. The number of nitrogens with zero attached hydrogens (tertiary/aromatic N) is 1. The quantitative estimate of drug-likeness (QED) is 0.142. The first kappa shape index (κ1) is 24.8. The molecule has 10 aromatic carbocycles. The van der Waals surface area contributed by atoms with E-state index in [1.54, 1.807) is 48.5 Å². The molecule has 0 aliphatic heterocycles. The van der Waals surface area contributed by atoms with Gasteiger partial charge in [-0.2, -0.15) is 0 Å². The zero-order valence-corrected chi connectivity index (χ0v) is 31.7. The Hall–Kier alpha value is -7.74. The lowest BCUT2D eigenvalue weighted by Crippen LogP contribution is -2.09. The van der Waals surface area contributed by atoms with Gasteiger partial charge in [0.2, 0.25) is 0 Å². The molecular formula is C58H41N. The van der Waals surface area contributed by atoms with Gasteiger partial charge in [0.25, 0.3) is 0 Å². The predicted molar refractivity (Wildman–Crippen MR) is 251 cm³/mol. The van der Waals surface area contributed by atoms with Gasteiger partial charge in [0.15, 0.2) is 0 Å². The van der Waals surface area contributed by atoms with Crippen molar-refractivity contribution in [1.29, 1.82) is 0 Å². The maximum atomic E-state index is 9.64. The Labute approximate surface area is 363 Å². The van der Waals surface area contributed by atoms with Crippen molar-refractivity contribution < 1.29 is 16.4 Å². The van der Waals surface area contributed by atoms with Crippen molar-refractivity contribution in [1.82, 2.24) is 0 Å². The summed E-state index contributed by atoms with van der Waals surface area (Å²) in [6.45, 7) is 0.